The minimum absolute atomic E-state index is 0.229. The van der Waals surface area contributed by atoms with Gasteiger partial charge in [-0.3, -0.25) is 0 Å². The van der Waals surface area contributed by atoms with E-state index in [1.807, 2.05) is 0 Å². The molecule has 108 valence electrons. The molecule has 2 nitrogen and oxygen atoms in total. The number of rotatable bonds is 7. The van der Waals surface area contributed by atoms with Gasteiger partial charge in [0.05, 0.1) is 0 Å². The first-order valence-corrected chi connectivity index (χ1v) is 7.34. The molecule has 0 aliphatic heterocycles. The van der Waals surface area contributed by atoms with Crippen molar-refractivity contribution in [2.75, 3.05) is 13.2 Å². The second-order valence-electron chi connectivity index (χ2n) is 6.55. The number of hydrogen-bond donors (Lipinski definition) is 2. The van der Waals surface area contributed by atoms with Crippen LogP contribution in [0.2, 0.25) is 0 Å². The van der Waals surface area contributed by atoms with Crippen molar-refractivity contribution < 1.29 is 5.11 Å². The van der Waals surface area contributed by atoms with Gasteiger partial charge < -0.3 is 10.4 Å². The lowest BCUT2D eigenvalue weighted by Gasteiger charge is -2.19. The molecule has 0 spiro atoms. The molecule has 0 fully saturated rings. The van der Waals surface area contributed by atoms with Gasteiger partial charge in [0.1, 0.15) is 0 Å². The van der Waals surface area contributed by atoms with E-state index in [9.17, 15) is 0 Å². The zero-order valence-electron chi connectivity index (χ0n) is 12.9. The van der Waals surface area contributed by atoms with Crippen LogP contribution >= 0.6 is 0 Å². The minimum atomic E-state index is 0.229. The van der Waals surface area contributed by atoms with E-state index in [1.165, 1.54) is 11.1 Å². The van der Waals surface area contributed by atoms with E-state index >= 15 is 0 Å². The highest BCUT2D eigenvalue weighted by atomic mass is 16.3. The van der Waals surface area contributed by atoms with Crippen molar-refractivity contribution in [1.82, 2.24) is 5.32 Å². The van der Waals surface area contributed by atoms with Crippen molar-refractivity contribution in [1.29, 1.82) is 0 Å². The Bertz CT molecular complexity index is 351. The van der Waals surface area contributed by atoms with Gasteiger partial charge in [-0.25, -0.2) is 0 Å². The number of aliphatic hydroxyl groups is 1. The summed E-state index contributed by atoms with van der Waals surface area (Å²) in [7, 11) is 0. The van der Waals surface area contributed by atoms with Crippen molar-refractivity contribution in [2.45, 2.75) is 52.5 Å². The maximum absolute atomic E-state index is 8.94. The fourth-order valence-corrected chi connectivity index (χ4v) is 2.02. The highest BCUT2D eigenvalue weighted by Gasteiger charge is 2.12. The third-order valence-electron chi connectivity index (χ3n) is 3.51. The molecule has 1 rings (SSSR count). The molecule has 0 amide bonds. The van der Waals surface area contributed by atoms with Crippen LogP contribution in [0, 0.1) is 5.92 Å². The SMILES string of the molecule is CC(CO)CCCNCc1ccc(C(C)(C)C)cc1. The molecule has 0 aliphatic carbocycles. The van der Waals surface area contributed by atoms with Gasteiger partial charge in [0.25, 0.3) is 0 Å². The van der Waals surface area contributed by atoms with E-state index in [1.54, 1.807) is 0 Å². The smallest absolute Gasteiger partial charge is 0.0456 e. The van der Waals surface area contributed by atoms with Crippen LogP contribution in [0.5, 0.6) is 0 Å². The van der Waals surface area contributed by atoms with Crippen LogP contribution in [0.4, 0.5) is 0 Å². The molecule has 2 heteroatoms. The van der Waals surface area contributed by atoms with Crippen molar-refractivity contribution in [3.05, 3.63) is 35.4 Å². The average molecular weight is 263 g/mol. The van der Waals surface area contributed by atoms with E-state index in [-0.39, 0.29) is 5.41 Å². The molecule has 2 N–H and O–H groups in total. The Kier molecular flexibility index (Phi) is 6.53. The lowest BCUT2D eigenvalue weighted by Crippen LogP contribution is -2.16. The molecule has 1 aromatic rings. The van der Waals surface area contributed by atoms with Gasteiger partial charge in [0, 0.05) is 13.2 Å². The fourth-order valence-electron chi connectivity index (χ4n) is 2.02. The van der Waals surface area contributed by atoms with Crippen LogP contribution < -0.4 is 5.32 Å². The normalized spacial score (nSPS) is 13.5. The molecule has 0 bridgehead atoms. The first kappa shape index (κ1) is 16.2. The molecule has 0 saturated heterocycles. The van der Waals surface area contributed by atoms with Crippen LogP contribution in [0.3, 0.4) is 0 Å². The molecule has 1 atom stereocenters. The first-order valence-electron chi connectivity index (χ1n) is 7.34. The van der Waals surface area contributed by atoms with E-state index < -0.39 is 0 Å². The molecule has 1 unspecified atom stereocenters. The van der Waals surface area contributed by atoms with Crippen molar-refractivity contribution in [2.24, 2.45) is 5.92 Å². The first-order chi connectivity index (χ1) is 8.93. The van der Waals surface area contributed by atoms with E-state index in [2.05, 4.69) is 57.3 Å². The number of aliphatic hydroxyl groups excluding tert-OH is 1. The van der Waals surface area contributed by atoms with E-state index in [0.29, 0.717) is 12.5 Å². The van der Waals surface area contributed by atoms with Crippen molar-refractivity contribution in [3.8, 4) is 0 Å². The Morgan fingerprint density at radius 1 is 1.16 bits per heavy atom. The molecule has 0 heterocycles. The van der Waals surface area contributed by atoms with E-state index in [4.69, 9.17) is 5.11 Å². The molecule has 0 aliphatic rings. The zero-order chi connectivity index (χ0) is 14.3. The van der Waals surface area contributed by atoms with Crippen LogP contribution in [-0.2, 0) is 12.0 Å². The Morgan fingerprint density at radius 3 is 2.32 bits per heavy atom. The molecular weight excluding hydrogens is 234 g/mol. The lowest BCUT2D eigenvalue weighted by atomic mass is 9.87. The van der Waals surface area contributed by atoms with Gasteiger partial charge in [-0.2, -0.15) is 0 Å². The summed E-state index contributed by atoms with van der Waals surface area (Å²) < 4.78 is 0. The van der Waals surface area contributed by atoms with Crippen LogP contribution in [0.25, 0.3) is 0 Å². The highest BCUT2D eigenvalue weighted by molar-refractivity contribution is 5.27. The predicted octanol–water partition coefficient (Wildman–Crippen LogP) is 3.48. The molecule has 19 heavy (non-hydrogen) atoms. The fraction of sp³-hybridized carbons (Fsp3) is 0.647. The van der Waals surface area contributed by atoms with Gasteiger partial charge in [0.15, 0.2) is 0 Å². The largest absolute Gasteiger partial charge is 0.396 e. The lowest BCUT2D eigenvalue weighted by molar-refractivity contribution is 0.228. The average Bonchev–Trinajstić information content (AvgIpc) is 2.37. The number of benzene rings is 1. The molecule has 0 saturated carbocycles. The van der Waals surface area contributed by atoms with Crippen molar-refractivity contribution in [3.63, 3.8) is 0 Å². The van der Waals surface area contributed by atoms with Gasteiger partial charge in [-0.05, 0) is 41.8 Å². The topological polar surface area (TPSA) is 32.3 Å². The standard InChI is InChI=1S/C17H29NO/c1-14(13-19)6-5-11-18-12-15-7-9-16(10-8-15)17(2,3)4/h7-10,14,18-19H,5-6,11-13H2,1-4H3. The van der Waals surface area contributed by atoms with Gasteiger partial charge >= 0.3 is 0 Å². The molecule has 0 radical (unpaired) electrons. The van der Waals surface area contributed by atoms with Crippen molar-refractivity contribution >= 4 is 0 Å². The number of nitrogens with one attached hydrogen (secondary N) is 1. The zero-order valence-corrected chi connectivity index (χ0v) is 12.9. The summed E-state index contributed by atoms with van der Waals surface area (Å²) in [6, 6.07) is 8.88. The predicted molar refractivity (Wildman–Crippen MR) is 82.3 cm³/mol. The summed E-state index contributed by atoms with van der Waals surface area (Å²) in [6.45, 7) is 11.1. The maximum atomic E-state index is 8.94. The summed E-state index contributed by atoms with van der Waals surface area (Å²) in [5.74, 6) is 0.424. The van der Waals surface area contributed by atoms with Crippen LogP contribution in [0.15, 0.2) is 24.3 Å². The van der Waals surface area contributed by atoms with Crippen LogP contribution in [0.1, 0.15) is 51.7 Å². The number of hydrogen-bond acceptors (Lipinski definition) is 2. The van der Waals surface area contributed by atoms with Gasteiger partial charge in [-0.15, -0.1) is 0 Å². The van der Waals surface area contributed by atoms with E-state index in [0.717, 1.165) is 25.9 Å². The summed E-state index contributed by atoms with van der Waals surface area (Å²) in [6.07, 6.45) is 2.22. The maximum Gasteiger partial charge on any atom is 0.0456 e. The third kappa shape index (κ3) is 6.22. The quantitative estimate of drug-likeness (QED) is 0.738. The van der Waals surface area contributed by atoms with Gasteiger partial charge in [-0.1, -0.05) is 52.0 Å². The Morgan fingerprint density at radius 2 is 1.79 bits per heavy atom. The summed E-state index contributed by atoms with van der Waals surface area (Å²) in [5, 5.41) is 12.4. The summed E-state index contributed by atoms with van der Waals surface area (Å²) >= 11 is 0. The Balaban J connectivity index is 2.27. The second kappa shape index (κ2) is 7.66. The molecule has 0 aromatic heterocycles. The third-order valence-corrected chi connectivity index (χ3v) is 3.51. The second-order valence-corrected chi connectivity index (χ2v) is 6.55. The Labute approximate surface area is 118 Å². The van der Waals surface area contributed by atoms with Crippen LogP contribution in [-0.4, -0.2) is 18.3 Å². The monoisotopic (exact) mass is 263 g/mol. The highest BCUT2D eigenvalue weighted by Crippen LogP contribution is 2.22. The summed E-state index contributed by atoms with van der Waals surface area (Å²) in [5.41, 5.74) is 2.95. The minimum Gasteiger partial charge on any atom is -0.396 e. The van der Waals surface area contributed by atoms with Gasteiger partial charge in [0.2, 0.25) is 0 Å². The Hall–Kier alpha value is -0.860. The molecule has 1 aromatic carbocycles. The molecular formula is C17H29NO. The summed E-state index contributed by atoms with van der Waals surface area (Å²) in [4.78, 5) is 0.